The summed E-state index contributed by atoms with van der Waals surface area (Å²) in [6.07, 6.45) is 12.4. The van der Waals surface area contributed by atoms with Gasteiger partial charge in [0, 0.05) is 11.3 Å². The molecule has 0 saturated heterocycles. The van der Waals surface area contributed by atoms with Crippen LogP contribution in [0.15, 0.2) is 121 Å². The number of carbonyl (C=O) groups excluding carboxylic acids is 1. The van der Waals surface area contributed by atoms with Crippen molar-refractivity contribution in [3.8, 4) is 16.2 Å². The minimum Gasteiger partial charge on any atom is -0.427 e. The highest BCUT2D eigenvalue weighted by Gasteiger charge is 2.44. The maximum atomic E-state index is 12.3. The van der Waals surface area contributed by atoms with Gasteiger partial charge in [0.25, 0.3) is 0 Å². The third kappa shape index (κ3) is 9.53. The molecular weight excluding hydrogens is 628 g/mol. The summed E-state index contributed by atoms with van der Waals surface area (Å²) in [5, 5.41) is 4.43. The van der Waals surface area contributed by atoms with E-state index in [2.05, 4.69) is 91.0 Å². The molecule has 0 radical (unpaired) electrons. The minimum absolute atomic E-state index is 0.144. The van der Waals surface area contributed by atoms with Gasteiger partial charge in [0.15, 0.2) is 0 Å². The summed E-state index contributed by atoms with van der Waals surface area (Å²) >= 11 is 5.22. The normalized spacial score (nSPS) is 11.4. The van der Waals surface area contributed by atoms with Crippen molar-refractivity contribution in [1.29, 1.82) is 0 Å². The summed E-state index contributed by atoms with van der Waals surface area (Å²) in [6.45, 7) is 0. The van der Waals surface area contributed by atoms with Gasteiger partial charge in [0.05, 0.1) is 6.16 Å². The molecule has 1 aromatic heterocycles. The van der Waals surface area contributed by atoms with E-state index in [-0.39, 0.29) is 5.97 Å². The third-order valence-corrected chi connectivity index (χ3v) is 15.7. The van der Waals surface area contributed by atoms with Crippen LogP contribution in [0.2, 0.25) is 0 Å². The van der Waals surface area contributed by atoms with E-state index in [1.54, 1.807) is 20.7 Å². The van der Waals surface area contributed by atoms with Crippen LogP contribution >= 0.6 is 40.2 Å². The molecule has 1 heterocycles. The van der Waals surface area contributed by atoms with Gasteiger partial charge >= 0.3 is 5.97 Å². The Kier molecular flexibility index (Phi) is 13.1. The van der Waals surface area contributed by atoms with Crippen LogP contribution in [0.4, 0.5) is 0 Å². The second kappa shape index (κ2) is 17.7. The monoisotopic (exact) mass is 669 g/mol. The van der Waals surface area contributed by atoms with Gasteiger partial charge in [0.2, 0.25) is 0 Å². The number of rotatable bonds is 17. The summed E-state index contributed by atoms with van der Waals surface area (Å²) in [5.41, 5.74) is 1.10. The fourth-order valence-corrected chi connectivity index (χ4v) is 12.8. The molecule has 2 nitrogen and oxygen atoms in total. The topological polar surface area (TPSA) is 26.3 Å². The Hall–Kier alpha value is -2.95. The van der Waals surface area contributed by atoms with Crippen molar-refractivity contribution in [2.45, 2.75) is 64.2 Å². The SMILES string of the molecule is O=C(CCCCCCCCCCC[P+](c1ccccc1)(c1ccccc1)c1ccccc1)Oc1ccc(-c2cc(=S)ss2)cc1. The Morgan fingerprint density at radius 2 is 1.04 bits per heavy atom. The summed E-state index contributed by atoms with van der Waals surface area (Å²) in [6, 6.07) is 43.4. The Morgan fingerprint density at radius 1 is 0.578 bits per heavy atom. The number of benzene rings is 4. The van der Waals surface area contributed by atoms with E-state index in [0.717, 1.165) is 27.1 Å². The highest BCUT2D eigenvalue weighted by atomic mass is 32.9. The first-order valence-electron chi connectivity index (χ1n) is 16.1. The Bertz CT molecular complexity index is 1530. The molecule has 5 rings (SSSR count). The number of ether oxygens (including phenoxy) is 1. The van der Waals surface area contributed by atoms with Crippen LogP contribution in [-0.2, 0) is 4.79 Å². The van der Waals surface area contributed by atoms with Crippen LogP contribution in [0.5, 0.6) is 5.75 Å². The van der Waals surface area contributed by atoms with Crippen molar-refractivity contribution in [1.82, 2.24) is 0 Å². The largest absolute Gasteiger partial charge is 0.427 e. The maximum absolute atomic E-state index is 12.3. The predicted molar refractivity (Wildman–Crippen MR) is 200 cm³/mol. The van der Waals surface area contributed by atoms with Gasteiger partial charge in [-0.2, -0.15) is 0 Å². The number of esters is 1. The van der Waals surface area contributed by atoms with E-state index in [0.29, 0.717) is 12.2 Å². The lowest BCUT2D eigenvalue weighted by atomic mass is 10.1. The molecule has 45 heavy (non-hydrogen) atoms. The summed E-state index contributed by atoms with van der Waals surface area (Å²) in [7, 11) is 1.57. The fraction of sp³-hybridized carbons (Fsp3) is 0.282. The number of hydrogen-bond donors (Lipinski definition) is 0. The average Bonchev–Trinajstić information content (AvgIpc) is 3.53. The molecule has 232 valence electrons. The molecule has 0 fully saturated rings. The summed E-state index contributed by atoms with van der Waals surface area (Å²) in [5.74, 6) is 0.465. The molecule has 5 aromatic rings. The first-order valence-corrected chi connectivity index (χ1v) is 20.6. The van der Waals surface area contributed by atoms with E-state index in [1.807, 2.05) is 30.3 Å². The lowest BCUT2D eigenvalue weighted by Gasteiger charge is -2.27. The average molecular weight is 670 g/mol. The second-order valence-corrected chi connectivity index (χ2v) is 18.0. The van der Waals surface area contributed by atoms with E-state index in [1.165, 1.54) is 67.0 Å². The smallest absolute Gasteiger partial charge is 0.311 e. The van der Waals surface area contributed by atoms with E-state index in [4.69, 9.17) is 17.0 Å². The van der Waals surface area contributed by atoms with Gasteiger partial charge in [-0.15, -0.1) is 0 Å². The van der Waals surface area contributed by atoms with Crippen LogP contribution in [0.1, 0.15) is 64.2 Å². The zero-order valence-electron chi connectivity index (χ0n) is 25.8. The van der Waals surface area contributed by atoms with Gasteiger partial charge in [-0.1, -0.05) is 126 Å². The standard InChI is InChI=1S/C39H42O2PS3/c40-38(41-33-28-26-32(27-29-33)37-31-39(43)45-44-37)25-17-6-4-2-1-3-5-7-18-30-42(34-19-11-8-12-20-34,35-21-13-9-14-22-35)36-23-15-10-16-24-36/h8-16,19-24,26-29,31H,1-7,17-18,25,30H2/q+1. The van der Waals surface area contributed by atoms with E-state index in [9.17, 15) is 4.79 Å². The van der Waals surface area contributed by atoms with Crippen molar-refractivity contribution >= 4 is 62.0 Å². The molecular formula is C39H42O2PS3+. The molecule has 0 spiro atoms. The van der Waals surface area contributed by atoms with Crippen LogP contribution in [0.3, 0.4) is 0 Å². The molecule has 6 heteroatoms. The summed E-state index contributed by atoms with van der Waals surface area (Å²) in [4.78, 5) is 13.5. The Morgan fingerprint density at radius 3 is 1.51 bits per heavy atom. The molecule has 0 amide bonds. The number of hydrogen-bond acceptors (Lipinski definition) is 5. The van der Waals surface area contributed by atoms with Crippen LogP contribution in [-0.4, -0.2) is 12.1 Å². The zero-order valence-corrected chi connectivity index (χ0v) is 29.2. The first-order chi connectivity index (χ1) is 22.1. The minimum atomic E-state index is -1.71. The molecule has 0 atom stereocenters. The molecule has 0 aliphatic rings. The molecule has 0 saturated carbocycles. The fourth-order valence-electron chi connectivity index (χ4n) is 5.98. The highest BCUT2D eigenvalue weighted by Crippen LogP contribution is 2.56. The summed E-state index contributed by atoms with van der Waals surface area (Å²) < 4.78 is 6.45. The van der Waals surface area contributed by atoms with Crippen LogP contribution in [0, 0.1) is 3.82 Å². The molecule has 0 aliphatic heterocycles. The van der Waals surface area contributed by atoms with E-state index >= 15 is 0 Å². The molecule has 0 bridgehead atoms. The van der Waals surface area contributed by atoms with Crippen molar-refractivity contribution in [2.24, 2.45) is 0 Å². The van der Waals surface area contributed by atoms with E-state index < -0.39 is 7.26 Å². The first kappa shape index (κ1) is 33.4. The van der Waals surface area contributed by atoms with Gasteiger partial charge in [-0.3, -0.25) is 4.79 Å². The van der Waals surface area contributed by atoms with Crippen molar-refractivity contribution < 1.29 is 9.53 Å². The lowest BCUT2D eigenvalue weighted by molar-refractivity contribution is -0.134. The second-order valence-electron chi connectivity index (χ2n) is 11.5. The molecule has 0 aliphatic carbocycles. The number of unbranched alkanes of at least 4 members (excludes halogenated alkanes) is 8. The molecule has 0 N–H and O–H groups in total. The highest BCUT2D eigenvalue weighted by molar-refractivity contribution is 7.95. The van der Waals surface area contributed by atoms with Crippen molar-refractivity contribution in [3.05, 3.63) is 125 Å². The van der Waals surface area contributed by atoms with Crippen LogP contribution in [0.25, 0.3) is 10.4 Å². The van der Waals surface area contributed by atoms with Gasteiger partial charge < -0.3 is 4.74 Å². The van der Waals surface area contributed by atoms with Crippen molar-refractivity contribution in [2.75, 3.05) is 6.16 Å². The Labute approximate surface area is 281 Å². The van der Waals surface area contributed by atoms with Gasteiger partial charge in [-0.25, -0.2) is 0 Å². The van der Waals surface area contributed by atoms with Crippen molar-refractivity contribution in [3.63, 3.8) is 0 Å². The number of carbonyl (C=O) groups is 1. The predicted octanol–water partition coefficient (Wildman–Crippen LogP) is 11.0. The van der Waals surface area contributed by atoms with Gasteiger partial charge in [-0.05, 0) is 91.6 Å². The quantitative estimate of drug-likeness (QED) is 0.0246. The molecule has 0 unspecified atom stereocenters. The van der Waals surface area contributed by atoms with Gasteiger partial charge in [0.1, 0.15) is 32.7 Å². The Balaban J connectivity index is 0.996. The lowest BCUT2D eigenvalue weighted by Crippen LogP contribution is -2.33. The van der Waals surface area contributed by atoms with Crippen LogP contribution < -0.4 is 20.7 Å². The molecule has 4 aromatic carbocycles. The zero-order chi connectivity index (χ0) is 31.2. The third-order valence-electron chi connectivity index (χ3n) is 8.30. The maximum Gasteiger partial charge on any atom is 0.311 e.